The minimum absolute atomic E-state index is 0.0799. The molecule has 120 valence electrons. The maximum absolute atomic E-state index is 13.2. The van der Waals surface area contributed by atoms with Crippen molar-refractivity contribution in [3.05, 3.63) is 70.4 Å². The van der Waals surface area contributed by atoms with Gasteiger partial charge in [-0.15, -0.1) is 0 Å². The van der Waals surface area contributed by atoms with Crippen LogP contribution in [-0.2, 0) is 6.42 Å². The zero-order chi connectivity index (χ0) is 16.7. The van der Waals surface area contributed by atoms with Crippen molar-refractivity contribution in [2.24, 2.45) is 0 Å². The van der Waals surface area contributed by atoms with Gasteiger partial charge in [-0.05, 0) is 37.1 Å². The number of hydrogen-bond acceptors (Lipinski definition) is 3. The number of halogens is 1. The third kappa shape index (κ3) is 2.45. The highest BCUT2D eigenvalue weighted by Crippen LogP contribution is 2.36. The summed E-state index contributed by atoms with van der Waals surface area (Å²) >= 11 is 3.49. The molecule has 5 heteroatoms. The summed E-state index contributed by atoms with van der Waals surface area (Å²) < 4.78 is 6.14. The summed E-state index contributed by atoms with van der Waals surface area (Å²) in [5.74, 6) is -0.0799. The molecule has 1 atom stereocenters. The molecule has 0 saturated heterocycles. The fourth-order valence-corrected chi connectivity index (χ4v) is 3.64. The van der Waals surface area contributed by atoms with Crippen molar-refractivity contribution in [2.45, 2.75) is 19.4 Å². The molecule has 4 nitrogen and oxygen atoms in total. The Morgan fingerprint density at radius 2 is 2.04 bits per heavy atom. The van der Waals surface area contributed by atoms with Gasteiger partial charge >= 0.3 is 0 Å². The van der Waals surface area contributed by atoms with Crippen LogP contribution >= 0.6 is 15.9 Å². The number of hydrogen-bond donors (Lipinski definition) is 0. The summed E-state index contributed by atoms with van der Waals surface area (Å²) in [6.07, 6.45) is 2.28. The van der Waals surface area contributed by atoms with Gasteiger partial charge in [0.25, 0.3) is 5.91 Å². The zero-order valence-electron chi connectivity index (χ0n) is 13.1. The lowest BCUT2D eigenvalue weighted by molar-refractivity contribution is 0.0981. The average molecular weight is 383 g/mol. The number of carbonyl (C=O) groups excluding carboxylic acids is 1. The zero-order valence-corrected chi connectivity index (χ0v) is 14.7. The third-order valence-corrected chi connectivity index (χ3v) is 4.82. The van der Waals surface area contributed by atoms with Crippen molar-refractivity contribution < 1.29 is 9.32 Å². The van der Waals surface area contributed by atoms with Gasteiger partial charge in [0.15, 0.2) is 0 Å². The number of benzene rings is 2. The summed E-state index contributed by atoms with van der Waals surface area (Å²) in [5, 5.41) is 4.04. The van der Waals surface area contributed by atoms with E-state index in [4.69, 9.17) is 4.52 Å². The topological polar surface area (TPSA) is 46.3 Å². The molecule has 1 amide bonds. The van der Waals surface area contributed by atoms with Crippen LogP contribution < -0.4 is 4.90 Å². The molecule has 0 saturated carbocycles. The molecule has 1 unspecified atom stereocenters. The molecule has 0 radical (unpaired) electrons. The number of aromatic nitrogens is 1. The van der Waals surface area contributed by atoms with Crippen LogP contribution in [0.1, 0.15) is 22.8 Å². The Kier molecular flexibility index (Phi) is 3.73. The number of amides is 1. The molecule has 4 rings (SSSR count). The minimum Gasteiger partial charge on any atom is -0.363 e. The van der Waals surface area contributed by atoms with Gasteiger partial charge in [0.2, 0.25) is 0 Å². The number of rotatable bonds is 2. The first-order valence-corrected chi connectivity index (χ1v) is 8.56. The SMILES string of the molecule is CC1Cc2cc(Br)ccc2N1C(=O)c1conc1-c1ccccc1. The smallest absolute Gasteiger partial charge is 0.264 e. The van der Waals surface area contributed by atoms with Crippen molar-refractivity contribution in [3.8, 4) is 11.3 Å². The molecular formula is C19H15BrN2O2. The highest BCUT2D eigenvalue weighted by Gasteiger charge is 2.33. The molecule has 1 aliphatic rings. The maximum Gasteiger partial charge on any atom is 0.264 e. The quantitative estimate of drug-likeness (QED) is 0.645. The van der Waals surface area contributed by atoms with Gasteiger partial charge in [0.1, 0.15) is 17.5 Å². The van der Waals surface area contributed by atoms with E-state index in [0.717, 1.165) is 22.1 Å². The number of carbonyl (C=O) groups is 1. The molecule has 1 aliphatic heterocycles. The molecule has 2 heterocycles. The molecule has 24 heavy (non-hydrogen) atoms. The fraction of sp³-hybridized carbons (Fsp3) is 0.158. The molecule has 0 fully saturated rings. The molecule has 0 spiro atoms. The standard InChI is InChI=1S/C19H15BrN2O2/c1-12-9-14-10-15(20)7-8-17(14)22(12)19(23)16-11-24-21-18(16)13-5-3-2-4-6-13/h2-8,10-12H,9H2,1H3. The minimum atomic E-state index is -0.0799. The van der Waals surface area contributed by atoms with Gasteiger partial charge in [0.05, 0.1) is 0 Å². The van der Waals surface area contributed by atoms with Crippen molar-refractivity contribution in [2.75, 3.05) is 4.90 Å². The summed E-state index contributed by atoms with van der Waals surface area (Å²) in [4.78, 5) is 15.0. The van der Waals surface area contributed by atoms with E-state index in [9.17, 15) is 4.79 Å². The number of fused-ring (bicyclic) bond motifs is 1. The first kappa shape index (κ1) is 15.1. The molecule has 2 aromatic carbocycles. The predicted octanol–water partition coefficient (Wildman–Crippen LogP) is 4.70. The van der Waals surface area contributed by atoms with Crippen LogP contribution in [0.5, 0.6) is 0 Å². The van der Waals surface area contributed by atoms with E-state index in [1.54, 1.807) is 0 Å². The lowest BCUT2D eigenvalue weighted by atomic mass is 10.1. The van der Waals surface area contributed by atoms with Crippen LogP contribution in [0.25, 0.3) is 11.3 Å². The monoisotopic (exact) mass is 382 g/mol. The normalized spacial score (nSPS) is 16.2. The van der Waals surface area contributed by atoms with E-state index in [-0.39, 0.29) is 11.9 Å². The van der Waals surface area contributed by atoms with Gasteiger partial charge in [-0.3, -0.25) is 4.79 Å². The molecule has 0 aliphatic carbocycles. The molecule has 0 bridgehead atoms. The Balaban J connectivity index is 1.75. The Morgan fingerprint density at radius 3 is 2.83 bits per heavy atom. The second kappa shape index (κ2) is 5.91. The van der Waals surface area contributed by atoms with Gasteiger partial charge in [-0.1, -0.05) is 51.4 Å². The van der Waals surface area contributed by atoms with Crippen LogP contribution in [0, 0.1) is 0 Å². The van der Waals surface area contributed by atoms with Crippen molar-refractivity contribution >= 4 is 27.5 Å². The van der Waals surface area contributed by atoms with Crippen LogP contribution in [0.3, 0.4) is 0 Å². The molecule has 3 aromatic rings. The second-order valence-electron chi connectivity index (χ2n) is 5.94. The van der Waals surface area contributed by atoms with Gasteiger partial charge in [-0.2, -0.15) is 0 Å². The number of anilines is 1. The Labute approximate surface area is 148 Å². The van der Waals surface area contributed by atoms with Gasteiger partial charge < -0.3 is 9.42 Å². The molecular weight excluding hydrogens is 368 g/mol. The van der Waals surface area contributed by atoms with Crippen LogP contribution in [0.4, 0.5) is 5.69 Å². The summed E-state index contributed by atoms with van der Waals surface area (Å²) in [6, 6.07) is 15.7. The van der Waals surface area contributed by atoms with Crippen LogP contribution in [0.2, 0.25) is 0 Å². The van der Waals surface area contributed by atoms with Gasteiger partial charge in [0, 0.05) is 21.8 Å². The first-order chi connectivity index (χ1) is 11.6. The first-order valence-electron chi connectivity index (χ1n) is 7.77. The van der Waals surface area contributed by atoms with E-state index in [2.05, 4.69) is 34.1 Å². The molecule has 0 N–H and O–H groups in total. The van der Waals surface area contributed by atoms with Crippen LogP contribution in [0.15, 0.2) is 63.8 Å². The Hall–Kier alpha value is -2.40. The highest BCUT2D eigenvalue weighted by molar-refractivity contribution is 9.10. The second-order valence-corrected chi connectivity index (χ2v) is 6.86. The lowest BCUT2D eigenvalue weighted by Crippen LogP contribution is -2.35. The maximum atomic E-state index is 13.2. The fourth-order valence-electron chi connectivity index (χ4n) is 3.23. The van der Waals surface area contributed by atoms with E-state index in [1.165, 1.54) is 11.8 Å². The third-order valence-electron chi connectivity index (χ3n) is 4.32. The summed E-state index contributed by atoms with van der Waals surface area (Å²) in [6.45, 7) is 2.06. The Morgan fingerprint density at radius 1 is 1.25 bits per heavy atom. The van der Waals surface area contributed by atoms with Crippen molar-refractivity contribution in [1.29, 1.82) is 0 Å². The summed E-state index contributed by atoms with van der Waals surface area (Å²) in [5.41, 5.74) is 4.07. The van der Waals surface area contributed by atoms with E-state index in [1.807, 2.05) is 47.4 Å². The van der Waals surface area contributed by atoms with Gasteiger partial charge in [-0.25, -0.2) is 0 Å². The Bertz CT molecular complexity index is 905. The summed E-state index contributed by atoms with van der Waals surface area (Å²) in [7, 11) is 0. The van der Waals surface area contributed by atoms with Crippen molar-refractivity contribution in [1.82, 2.24) is 5.16 Å². The highest BCUT2D eigenvalue weighted by atomic mass is 79.9. The average Bonchev–Trinajstić information content (AvgIpc) is 3.18. The number of nitrogens with zero attached hydrogens (tertiary/aromatic N) is 2. The van der Waals surface area contributed by atoms with Crippen molar-refractivity contribution in [3.63, 3.8) is 0 Å². The van der Waals surface area contributed by atoms with E-state index >= 15 is 0 Å². The van der Waals surface area contributed by atoms with Crippen LogP contribution in [-0.4, -0.2) is 17.1 Å². The van der Waals surface area contributed by atoms with E-state index < -0.39 is 0 Å². The lowest BCUT2D eigenvalue weighted by Gasteiger charge is -2.22. The van der Waals surface area contributed by atoms with E-state index in [0.29, 0.717) is 11.3 Å². The molecule has 1 aromatic heterocycles. The predicted molar refractivity (Wildman–Crippen MR) is 96.1 cm³/mol. The largest absolute Gasteiger partial charge is 0.363 e.